The van der Waals surface area contributed by atoms with E-state index in [2.05, 4.69) is 4.98 Å². The van der Waals surface area contributed by atoms with Crippen LogP contribution in [-0.2, 0) is 20.6 Å². The van der Waals surface area contributed by atoms with Crippen LogP contribution in [0.15, 0.2) is 56.0 Å². The molecule has 4 rings (SSSR count). The van der Waals surface area contributed by atoms with E-state index in [9.17, 15) is 19.2 Å². The van der Waals surface area contributed by atoms with Gasteiger partial charge in [-0.15, -0.1) is 0 Å². The molecule has 0 saturated heterocycles. The molecule has 166 valence electrons. The summed E-state index contributed by atoms with van der Waals surface area (Å²) in [5.41, 5.74) is -0.782. The Balaban J connectivity index is 1.83. The Morgan fingerprint density at radius 1 is 0.906 bits per heavy atom. The molecule has 32 heavy (non-hydrogen) atoms. The van der Waals surface area contributed by atoms with Crippen molar-refractivity contribution < 1.29 is 4.57 Å². The largest absolute Gasteiger partial charge is 0.332 e. The van der Waals surface area contributed by atoms with Crippen LogP contribution in [0.1, 0.15) is 32.9 Å². The zero-order valence-electron chi connectivity index (χ0n) is 18.6. The summed E-state index contributed by atoms with van der Waals surface area (Å²) in [6.45, 7) is 5.64. The van der Waals surface area contributed by atoms with Crippen molar-refractivity contribution >= 4 is 21.9 Å². The highest BCUT2D eigenvalue weighted by molar-refractivity contribution is 5.76. The first kappa shape index (κ1) is 21.4. The Morgan fingerprint density at radius 3 is 2.25 bits per heavy atom. The Kier molecular flexibility index (Phi) is 5.15. The molecule has 0 aliphatic rings. The van der Waals surface area contributed by atoms with Crippen molar-refractivity contribution in [1.82, 2.24) is 23.3 Å². The molecule has 4 heterocycles. The molecule has 0 aromatic carbocycles. The summed E-state index contributed by atoms with van der Waals surface area (Å²) in [7, 11) is 3.20. The summed E-state index contributed by atoms with van der Waals surface area (Å²) in [6, 6.07) is 4.22. The van der Waals surface area contributed by atoms with Gasteiger partial charge >= 0.3 is 11.4 Å². The lowest BCUT2D eigenvalue weighted by Gasteiger charge is -2.15. The second-order valence-corrected chi connectivity index (χ2v) is 8.29. The minimum absolute atomic E-state index is 0.261. The first-order valence-corrected chi connectivity index (χ1v) is 10.3. The van der Waals surface area contributed by atoms with Crippen LogP contribution in [0.4, 0.5) is 0 Å². The molecule has 0 amide bonds. The maximum absolute atomic E-state index is 13.0. The highest BCUT2D eigenvalue weighted by Gasteiger charge is 2.21. The van der Waals surface area contributed by atoms with E-state index in [4.69, 9.17) is 0 Å². The van der Waals surface area contributed by atoms with E-state index < -0.39 is 23.0 Å². The van der Waals surface area contributed by atoms with Crippen LogP contribution in [0.25, 0.3) is 21.9 Å². The number of fused-ring (bicyclic) bond motifs is 2. The summed E-state index contributed by atoms with van der Waals surface area (Å²) in [5, 5.41) is 0.788. The molecule has 0 spiro atoms. The quantitative estimate of drug-likeness (QED) is 0.425. The predicted octanol–water partition coefficient (Wildman–Crippen LogP) is 0.238. The van der Waals surface area contributed by atoms with Gasteiger partial charge in [-0.3, -0.25) is 27.9 Å². The van der Waals surface area contributed by atoms with Gasteiger partial charge in [0.15, 0.2) is 18.9 Å². The van der Waals surface area contributed by atoms with Gasteiger partial charge in [0.05, 0.1) is 16.8 Å². The summed E-state index contributed by atoms with van der Waals surface area (Å²) < 4.78 is 6.99. The molecule has 0 saturated carbocycles. The zero-order valence-corrected chi connectivity index (χ0v) is 18.6. The fourth-order valence-corrected chi connectivity index (χ4v) is 4.10. The standard InChI is InChI=1S/C22H25N6O4/c1-13(2)27-19(29)15-8-10-26(12-17(15)24(4)21(27)31)11-14(3)28-20(30)16-7-6-9-23-18(16)25(5)22(28)32/h6-10,12-14H,11H2,1-5H3/q+1. The molecule has 0 radical (unpaired) electrons. The molecule has 4 aromatic heterocycles. The van der Waals surface area contributed by atoms with Crippen LogP contribution in [0.2, 0.25) is 0 Å². The fraction of sp³-hybridized carbons (Fsp3) is 0.364. The van der Waals surface area contributed by atoms with Crippen molar-refractivity contribution in [3.63, 3.8) is 0 Å². The third kappa shape index (κ3) is 3.19. The number of rotatable bonds is 4. The highest BCUT2D eigenvalue weighted by Crippen LogP contribution is 2.09. The molecule has 4 aromatic rings. The van der Waals surface area contributed by atoms with Crippen LogP contribution in [0, 0.1) is 0 Å². The average molecular weight is 437 g/mol. The molecule has 10 heteroatoms. The lowest BCUT2D eigenvalue weighted by molar-refractivity contribution is -0.700. The van der Waals surface area contributed by atoms with E-state index in [1.165, 1.54) is 24.5 Å². The van der Waals surface area contributed by atoms with Crippen LogP contribution in [0.5, 0.6) is 0 Å². The van der Waals surface area contributed by atoms with E-state index in [1.807, 2.05) is 0 Å². The summed E-state index contributed by atoms with van der Waals surface area (Å²) in [4.78, 5) is 55.5. The SMILES string of the molecule is CC(C)n1c(=O)c2cc[n+](CC(C)n3c(=O)c4cccnc4n(C)c3=O)cc2n(C)c1=O. The monoisotopic (exact) mass is 437 g/mol. The van der Waals surface area contributed by atoms with Gasteiger partial charge in [-0.1, -0.05) is 0 Å². The molecule has 1 atom stereocenters. The first-order chi connectivity index (χ1) is 15.1. The summed E-state index contributed by atoms with van der Waals surface area (Å²) in [5.74, 6) is 0. The predicted molar refractivity (Wildman–Crippen MR) is 120 cm³/mol. The minimum Gasteiger partial charge on any atom is -0.291 e. The van der Waals surface area contributed by atoms with Crippen molar-refractivity contribution in [3.05, 3.63) is 78.5 Å². The highest BCUT2D eigenvalue weighted by atomic mass is 16.2. The minimum atomic E-state index is -0.485. The molecule has 0 bridgehead atoms. The number of aryl methyl sites for hydroxylation is 2. The van der Waals surface area contributed by atoms with Gasteiger partial charge in [-0.05, 0) is 32.9 Å². The van der Waals surface area contributed by atoms with E-state index in [-0.39, 0.29) is 18.1 Å². The second kappa shape index (κ2) is 7.70. The second-order valence-electron chi connectivity index (χ2n) is 8.29. The maximum Gasteiger partial charge on any atom is 0.332 e. The van der Waals surface area contributed by atoms with E-state index in [0.717, 1.165) is 0 Å². The van der Waals surface area contributed by atoms with Gasteiger partial charge in [-0.25, -0.2) is 19.1 Å². The van der Waals surface area contributed by atoms with E-state index in [1.54, 1.807) is 70.0 Å². The van der Waals surface area contributed by atoms with E-state index in [0.29, 0.717) is 21.9 Å². The van der Waals surface area contributed by atoms with Gasteiger partial charge in [0.25, 0.3) is 11.1 Å². The molecule has 0 aliphatic heterocycles. The number of aromatic nitrogens is 6. The van der Waals surface area contributed by atoms with Gasteiger partial charge in [-0.2, -0.15) is 0 Å². The summed E-state index contributed by atoms with van der Waals surface area (Å²) >= 11 is 0. The topological polar surface area (TPSA) is 105 Å². The van der Waals surface area contributed by atoms with Crippen molar-refractivity contribution in [2.45, 2.75) is 39.4 Å². The summed E-state index contributed by atoms with van der Waals surface area (Å²) in [6.07, 6.45) is 4.95. The van der Waals surface area contributed by atoms with Crippen molar-refractivity contribution in [2.75, 3.05) is 0 Å². The van der Waals surface area contributed by atoms with Crippen LogP contribution < -0.4 is 27.1 Å². The third-order valence-electron chi connectivity index (χ3n) is 5.78. The molecule has 0 fully saturated rings. The number of hydrogen-bond acceptors (Lipinski definition) is 5. The lowest BCUT2D eigenvalue weighted by atomic mass is 10.2. The Morgan fingerprint density at radius 2 is 1.56 bits per heavy atom. The van der Waals surface area contributed by atoms with Gasteiger partial charge in [0, 0.05) is 32.4 Å². The maximum atomic E-state index is 13.0. The fourth-order valence-electron chi connectivity index (χ4n) is 4.10. The normalized spacial score (nSPS) is 12.7. The number of nitrogens with zero attached hydrogens (tertiary/aromatic N) is 6. The van der Waals surface area contributed by atoms with Crippen LogP contribution in [-0.4, -0.2) is 23.3 Å². The van der Waals surface area contributed by atoms with Gasteiger partial charge in [0.2, 0.25) is 0 Å². The molecule has 0 aliphatic carbocycles. The molecule has 1 unspecified atom stereocenters. The molecule has 10 nitrogen and oxygen atoms in total. The van der Waals surface area contributed by atoms with Crippen molar-refractivity contribution in [3.8, 4) is 0 Å². The van der Waals surface area contributed by atoms with Gasteiger partial charge < -0.3 is 0 Å². The van der Waals surface area contributed by atoms with E-state index >= 15 is 0 Å². The lowest BCUT2D eigenvalue weighted by Crippen LogP contribution is -2.47. The van der Waals surface area contributed by atoms with Crippen LogP contribution >= 0.6 is 0 Å². The van der Waals surface area contributed by atoms with Crippen LogP contribution in [0.3, 0.4) is 0 Å². The zero-order chi connectivity index (χ0) is 23.3. The molecular weight excluding hydrogens is 412 g/mol. The molecule has 0 N–H and O–H groups in total. The smallest absolute Gasteiger partial charge is 0.291 e. The van der Waals surface area contributed by atoms with Crippen molar-refractivity contribution in [2.24, 2.45) is 14.1 Å². The number of hydrogen-bond donors (Lipinski definition) is 0. The Labute approximate surface area is 182 Å². The Hall–Kier alpha value is -3.82. The first-order valence-electron chi connectivity index (χ1n) is 10.3. The molecular formula is C22H25N6O4+. The average Bonchev–Trinajstić information content (AvgIpc) is 2.76. The Bertz CT molecular complexity index is 1610. The third-order valence-corrected chi connectivity index (χ3v) is 5.78. The van der Waals surface area contributed by atoms with Crippen molar-refractivity contribution in [1.29, 1.82) is 0 Å². The van der Waals surface area contributed by atoms with Gasteiger partial charge in [0.1, 0.15) is 11.2 Å². The number of pyridine rings is 2.